The van der Waals surface area contributed by atoms with Crippen molar-refractivity contribution in [2.24, 2.45) is 0 Å². The Morgan fingerprint density at radius 3 is 2.60 bits per heavy atom. The number of nitrogens with zero attached hydrogens (tertiary/aromatic N) is 1. The zero-order valence-electron chi connectivity index (χ0n) is 10.5. The minimum atomic E-state index is -1.09. The van der Waals surface area contributed by atoms with Gasteiger partial charge in [0.15, 0.2) is 11.5 Å². The third-order valence-electron chi connectivity index (χ3n) is 3.24. The van der Waals surface area contributed by atoms with E-state index >= 15 is 0 Å². The Balaban J connectivity index is 2.19. The molecule has 1 saturated heterocycles. The van der Waals surface area contributed by atoms with E-state index in [2.05, 4.69) is 15.9 Å². The van der Waals surface area contributed by atoms with Crippen molar-refractivity contribution in [3.05, 3.63) is 23.8 Å². The normalized spacial score (nSPS) is 20.1. The van der Waals surface area contributed by atoms with E-state index in [4.69, 9.17) is 0 Å². The smallest absolute Gasteiger partial charge is 0.326 e. The number of amides is 1. The van der Waals surface area contributed by atoms with Gasteiger partial charge < -0.3 is 20.2 Å². The van der Waals surface area contributed by atoms with Crippen LogP contribution in [0.4, 0.5) is 0 Å². The van der Waals surface area contributed by atoms with E-state index in [0.29, 0.717) is 12.1 Å². The Morgan fingerprint density at radius 2 is 2.10 bits per heavy atom. The highest BCUT2D eigenvalue weighted by Gasteiger charge is 2.36. The maximum Gasteiger partial charge on any atom is 0.326 e. The number of alkyl halides is 1. The summed E-state index contributed by atoms with van der Waals surface area (Å²) in [6.07, 6.45) is 0.360. The molecule has 2 unspecified atom stereocenters. The number of carboxylic acid groups (broad SMARTS) is 1. The van der Waals surface area contributed by atoms with Gasteiger partial charge in [0.1, 0.15) is 6.04 Å². The average Bonchev–Trinajstić information content (AvgIpc) is 2.69. The number of hydrogen-bond acceptors (Lipinski definition) is 4. The number of carbonyl (C=O) groups is 2. The standard InChI is InChI=1S/C13H14BrNO5/c14-8-5-12(18)15(6-8)9(13(19)20)3-7-1-2-10(16)11(17)4-7/h1-2,4,8-9,16-17H,3,5-6H2,(H,19,20). The molecule has 1 amide bonds. The molecule has 0 aromatic heterocycles. The van der Waals surface area contributed by atoms with E-state index in [1.165, 1.54) is 23.1 Å². The van der Waals surface area contributed by atoms with Gasteiger partial charge in [-0.2, -0.15) is 0 Å². The number of likely N-dealkylation sites (tertiary alicyclic amines) is 1. The van der Waals surface area contributed by atoms with E-state index in [0.717, 1.165) is 0 Å². The lowest BCUT2D eigenvalue weighted by atomic mass is 10.0. The van der Waals surface area contributed by atoms with Gasteiger partial charge >= 0.3 is 5.97 Å². The molecule has 0 aliphatic carbocycles. The van der Waals surface area contributed by atoms with E-state index in [-0.39, 0.29) is 35.1 Å². The topological polar surface area (TPSA) is 98.1 Å². The van der Waals surface area contributed by atoms with Crippen LogP contribution < -0.4 is 0 Å². The molecular weight excluding hydrogens is 330 g/mol. The molecule has 2 rings (SSSR count). The Morgan fingerprint density at radius 1 is 1.40 bits per heavy atom. The summed E-state index contributed by atoms with van der Waals surface area (Å²) in [6, 6.07) is 3.14. The number of aromatic hydroxyl groups is 2. The van der Waals surface area contributed by atoms with E-state index in [1.54, 1.807) is 0 Å². The van der Waals surface area contributed by atoms with Crippen molar-refractivity contribution in [3.8, 4) is 11.5 Å². The van der Waals surface area contributed by atoms with E-state index < -0.39 is 12.0 Å². The first-order chi connectivity index (χ1) is 9.38. The second-order valence-corrected chi connectivity index (χ2v) is 6.02. The lowest BCUT2D eigenvalue weighted by Crippen LogP contribution is -2.43. The second-order valence-electron chi connectivity index (χ2n) is 4.73. The summed E-state index contributed by atoms with van der Waals surface area (Å²) in [6.45, 7) is 0.347. The molecular formula is C13H14BrNO5. The largest absolute Gasteiger partial charge is 0.504 e. The molecule has 3 N–H and O–H groups in total. The summed E-state index contributed by atoms with van der Waals surface area (Å²) in [5, 5.41) is 28.0. The quantitative estimate of drug-likeness (QED) is 0.561. The Kier molecular flexibility index (Phi) is 4.17. The summed E-state index contributed by atoms with van der Waals surface area (Å²) in [5.41, 5.74) is 0.540. The first-order valence-corrected chi connectivity index (χ1v) is 6.97. The lowest BCUT2D eigenvalue weighted by molar-refractivity contribution is -0.148. The van der Waals surface area contributed by atoms with Gasteiger partial charge in [0.2, 0.25) is 5.91 Å². The zero-order valence-corrected chi connectivity index (χ0v) is 12.1. The number of benzene rings is 1. The molecule has 0 radical (unpaired) electrons. The third kappa shape index (κ3) is 3.04. The number of phenolic OH excluding ortho intramolecular Hbond substituents is 2. The number of aliphatic carboxylic acids is 1. The van der Waals surface area contributed by atoms with Crippen LogP contribution in [0.25, 0.3) is 0 Å². The molecule has 2 atom stereocenters. The number of phenols is 2. The molecule has 7 heteroatoms. The Hall–Kier alpha value is -1.76. The van der Waals surface area contributed by atoms with Crippen molar-refractivity contribution in [3.63, 3.8) is 0 Å². The summed E-state index contributed by atoms with van der Waals surface area (Å²) < 4.78 is 0. The molecule has 0 spiro atoms. The monoisotopic (exact) mass is 343 g/mol. The minimum Gasteiger partial charge on any atom is -0.504 e. The zero-order chi connectivity index (χ0) is 14.9. The van der Waals surface area contributed by atoms with Crippen LogP contribution in [0.5, 0.6) is 11.5 Å². The number of halogens is 1. The number of hydrogen-bond donors (Lipinski definition) is 3. The van der Waals surface area contributed by atoms with Crippen molar-refractivity contribution in [2.75, 3.05) is 6.54 Å². The first-order valence-electron chi connectivity index (χ1n) is 6.05. The van der Waals surface area contributed by atoms with Crippen LogP contribution in [0.15, 0.2) is 18.2 Å². The molecule has 0 saturated carbocycles. The molecule has 1 aliphatic heterocycles. The molecule has 6 nitrogen and oxygen atoms in total. The molecule has 1 fully saturated rings. The molecule has 1 aliphatic rings. The Bertz CT molecular complexity index is 548. The maximum atomic E-state index is 11.8. The van der Waals surface area contributed by atoms with Crippen LogP contribution in [0.3, 0.4) is 0 Å². The van der Waals surface area contributed by atoms with Crippen molar-refractivity contribution in [2.45, 2.75) is 23.7 Å². The highest BCUT2D eigenvalue weighted by Crippen LogP contribution is 2.27. The van der Waals surface area contributed by atoms with Crippen molar-refractivity contribution < 1.29 is 24.9 Å². The Labute approximate surface area is 123 Å². The van der Waals surface area contributed by atoms with Crippen LogP contribution in [0, 0.1) is 0 Å². The highest BCUT2D eigenvalue weighted by molar-refractivity contribution is 9.09. The summed E-state index contributed by atoms with van der Waals surface area (Å²) in [7, 11) is 0. The van der Waals surface area contributed by atoms with Gasteiger partial charge in [-0.25, -0.2) is 4.79 Å². The van der Waals surface area contributed by atoms with Crippen LogP contribution in [0.2, 0.25) is 0 Å². The second kappa shape index (κ2) is 5.70. The van der Waals surface area contributed by atoms with Gasteiger partial charge in [0.25, 0.3) is 0 Å². The summed E-state index contributed by atoms with van der Waals surface area (Å²) in [4.78, 5) is 24.4. The molecule has 1 aromatic rings. The van der Waals surface area contributed by atoms with Crippen molar-refractivity contribution in [1.82, 2.24) is 4.90 Å². The summed E-state index contributed by atoms with van der Waals surface area (Å²) in [5.74, 6) is -1.87. The fraction of sp³-hybridized carbons (Fsp3) is 0.385. The summed E-state index contributed by atoms with van der Waals surface area (Å²) >= 11 is 3.31. The molecule has 0 bridgehead atoms. The van der Waals surface area contributed by atoms with Crippen LogP contribution in [0.1, 0.15) is 12.0 Å². The number of carboxylic acids is 1. The van der Waals surface area contributed by atoms with E-state index in [1.807, 2.05) is 0 Å². The molecule has 20 heavy (non-hydrogen) atoms. The fourth-order valence-corrected chi connectivity index (χ4v) is 2.83. The predicted molar refractivity (Wildman–Crippen MR) is 73.9 cm³/mol. The number of rotatable bonds is 4. The highest BCUT2D eigenvalue weighted by atomic mass is 79.9. The van der Waals surface area contributed by atoms with Crippen LogP contribution in [-0.4, -0.2) is 49.5 Å². The van der Waals surface area contributed by atoms with Gasteiger partial charge in [-0.3, -0.25) is 4.79 Å². The maximum absolute atomic E-state index is 11.8. The van der Waals surface area contributed by atoms with Gasteiger partial charge in [-0.05, 0) is 17.7 Å². The van der Waals surface area contributed by atoms with Gasteiger partial charge in [-0.1, -0.05) is 22.0 Å². The SMILES string of the molecule is O=C(O)C(Cc1ccc(O)c(O)c1)N1CC(Br)CC1=O. The van der Waals surface area contributed by atoms with Crippen molar-refractivity contribution in [1.29, 1.82) is 0 Å². The molecule has 108 valence electrons. The lowest BCUT2D eigenvalue weighted by Gasteiger charge is -2.24. The minimum absolute atomic E-state index is 0.0370. The average molecular weight is 344 g/mol. The predicted octanol–water partition coefficient (Wildman–Crippen LogP) is 1.09. The fourth-order valence-electron chi connectivity index (χ4n) is 2.24. The molecule has 1 aromatic carbocycles. The molecule has 1 heterocycles. The third-order valence-corrected chi connectivity index (χ3v) is 3.85. The van der Waals surface area contributed by atoms with Crippen molar-refractivity contribution >= 4 is 27.8 Å². The van der Waals surface area contributed by atoms with Gasteiger partial charge in [0, 0.05) is 24.2 Å². The van der Waals surface area contributed by atoms with Gasteiger partial charge in [-0.15, -0.1) is 0 Å². The van der Waals surface area contributed by atoms with Crippen LogP contribution in [-0.2, 0) is 16.0 Å². The first kappa shape index (κ1) is 14.6. The number of carbonyl (C=O) groups excluding carboxylic acids is 1. The van der Waals surface area contributed by atoms with E-state index in [9.17, 15) is 24.9 Å². The van der Waals surface area contributed by atoms with Gasteiger partial charge in [0.05, 0.1) is 0 Å². The van der Waals surface area contributed by atoms with Crippen LogP contribution >= 0.6 is 15.9 Å².